The molecule has 0 fully saturated rings. The first-order chi connectivity index (χ1) is 15.2. The minimum atomic E-state index is -0.0718. The lowest BCUT2D eigenvalue weighted by Gasteiger charge is -2.26. The fourth-order valence-electron chi connectivity index (χ4n) is 5.38. The molecule has 0 unspecified atom stereocenters. The first-order valence-corrected chi connectivity index (χ1v) is 11.7. The molecule has 0 atom stereocenters. The minimum absolute atomic E-state index is 0.0295. The van der Waals surface area contributed by atoms with Gasteiger partial charge in [-0.3, -0.25) is 0 Å². The molecule has 32 heavy (non-hydrogen) atoms. The van der Waals surface area contributed by atoms with Gasteiger partial charge in [0.15, 0.2) is 5.71 Å². The number of hydrogen-bond acceptors (Lipinski definition) is 2. The molecule has 2 aromatic carbocycles. The number of allylic oxidation sites excluding steroid dienone is 5. The molecule has 4 rings (SSSR count). The van der Waals surface area contributed by atoms with Gasteiger partial charge in [-0.2, -0.15) is 4.58 Å². The van der Waals surface area contributed by atoms with E-state index in [1.807, 2.05) is 6.08 Å². The number of para-hydroxylation sites is 2. The predicted octanol–water partition coefficient (Wildman–Crippen LogP) is 6.18. The molecule has 2 N–H and O–H groups in total. The van der Waals surface area contributed by atoms with Crippen LogP contribution in [0.1, 0.15) is 52.7 Å². The molecule has 2 heterocycles. The van der Waals surface area contributed by atoms with Gasteiger partial charge in [0.25, 0.3) is 0 Å². The van der Waals surface area contributed by atoms with Crippen LogP contribution in [0, 0.1) is 0 Å². The van der Waals surface area contributed by atoms with Crippen LogP contribution in [0.5, 0.6) is 0 Å². The zero-order valence-electron chi connectivity index (χ0n) is 20.3. The van der Waals surface area contributed by atoms with Crippen molar-refractivity contribution in [1.82, 2.24) is 0 Å². The Bertz CT molecular complexity index is 1160. The van der Waals surface area contributed by atoms with Crippen LogP contribution in [0.25, 0.3) is 0 Å². The summed E-state index contributed by atoms with van der Waals surface area (Å²) in [5.74, 6) is 0. The molecular formula is C29H36N3+. The standard InChI is InChI=1S/C29H35N3/c1-7-31-24-17-11-9-15-22(24)28(3,4)26(31)19-13-14-21(30)20-27-29(5,6)23-16-10-12-18-25(23)32(27)8-2/h9-20,30H,7-8H2,1-6H3/p+1/b27-20+. The highest BCUT2D eigenvalue weighted by Crippen LogP contribution is 2.47. The topological polar surface area (TPSA) is 32.3 Å². The summed E-state index contributed by atoms with van der Waals surface area (Å²) in [6.45, 7) is 15.4. The molecule has 2 aliphatic rings. The van der Waals surface area contributed by atoms with Gasteiger partial charge in [-0.05, 0) is 51.5 Å². The lowest BCUT2D eigenvalue weighted by molar-refractivity contribution is -0.433. The van der Waals surface area contributed by atoms with E-state index in [9.17, 15) is 0 Å². The van der Waals surface area contributed by atoms with Crippen molar-refractivity contribution < 1.29 is 4.58 Å². The van der Waals surface area contributed by atoms with E-state index in [1.165, 1.54) is 33.9 Å². The number of likely N-dealkylation sites (N-methyl/N-ethyl adjacent to an activating group) is 1. The van der Waals surface area contributed by atoms with Gasteiger partial charge in [-0.1, -0.05) is 56.3 Å². The Hall–Kier alpha value is -3.07. The summed E-state index contributed by atoms with van der Waals surface area (Å²) in [6.07, 6.45) is 8.49. The normalized spacial score (nSPS) is 20.4. The van der Waals surface area contributed by atoms with Gasteiger partial charge in [-0.25, -0.2) is 0 Å². The van der Waals surface area contributed by atoms with Crippen molar-refractivity contribution in [2.24, 2.45) is 5.73 Å². The highest BCUT2D eigenvalue weighted by molar-refractivity contribution is 6.03. The second-order valence-corrected chi connectivity index (χ2v) is 9.71. The molecule has 3 heteroatoms. The Morgan fingerprint density at radius 2 is 1.59 bits per heavy atom. The molecule has 0 bridgehead atoms. The van der Waals surface area contributed by atoms with E-state index in [2.05, 4.69) is 118 Å². The smallest absolute Gasteiger partial charge is 0.209 e. The molecule has 3 nitrogen and oxygen atoms in total. The van der Waals surface area contributed by atoms with E-state index in [4.69, 9.17) is 5.73 Å². The van der Waals surface area contributed by atoms with E-state index in [0.717, 1.165) is 18.8 Å². The molecule has 2 aromatic rings. The number of benzene rings is 2. The van der Waals surface area contributed by atoms with Crippen LogP contribution in [0.4, 0.5) is 11.4 Å². The molecule has 166 valence electrons. The third-order valence-electron chi connectivity index (χ3n) is 7.08. The highest BCUT2D eigenvalue weighted by Gasteiger charge is 2.43. The Morgan fingerprint density at radius 1 is 0.938 bits per heavy atom. The van der Waals surface area contributed by atoms with E-state index >= 15 is 0 Å². The third-order valence-corrected chi connectivity index (χ3v) is 7.08. The van der Waals surface area contributed by atoms with Gasteiger partial charge in [0.05, 0.1) is 5.41 Å². The minimum Gasteiger partial charge on any atom is -0.399 e. The molecule has 0 saturated heterocycles. The van der Waals surface area contributed by atoms with Crippen molar-refractivity contribution in [2.75, 3.05) is 18.0 Å². The molecular weight excluding hydrogens is 390 g/mol. The molecule has 2 aliphatic heterocycles. The van der Waals surface area contributed by atoms with Crippen LogP contribution in [0.15, 0.2) is 84.2 Å². The molecule has 0 spiro atoms. The van der Waals surface area contributed by atoms with Crippen LogP contribution < -0.4 is 10.6 Å². The van der Waals surface area contributed by atoms with Crippen molar-refractivity contribution in [3.63, 3.8) is 0 Å². The molecule has 0 aliphatic carbocycles. The van der Waals surface area contributed by atoms with Gasteiger partial charge in [0.2, 0.25) is 5.69 Å². The predicted molar refractivity (Wildman–Crippen MR) is 137 cm³/mol. The zero-order chi connectivity index (χ0) is 23.1. The highest BCUT2D eigenvalue weighted by atomic mass is 15.2. The first kappa shape index (κ1) is 22.1. The second-order valence-electron chi connectivity index (χ2n) is 9.71. The summed E-state index contributed by atoms with van der Waals surface area (Å²) in [7, 11) is 0. The fraction of sp³-hybridized carbons (Fsp3) is 0.345. The quantitative estimate of drug-likeness (QED) is 0.457. The maximum absolute atomic E-state index is 6.51. The van der Waals surface area contributed by atoms with Crippen molar-refractivity contribution >= 4 is 17.1 Å². The molecule has 0 aromatic heterocycles. The lowest BCUT2D eigenvalue weighted by atomic mass is 9.81. The number of anilines is 1. The number of fused-ring (bicyclic) bond motifs is 2. The zero-order valence-corrected chi connectivity index (χ0v) is 20.3. The maximum atomic E-state index is 6.51. The third kappa shape index (κ3) is 3.40. The van der Waals surface area contributed by atoms with Crippen LogP contribution in [-0.4, -0.2) is 23.4 Å². The van der Waals surface area contributed by atoms with E-state index in [-0.39, 0.29) is 10.8 Å². The van der Waals surface area contributed by atoms with Gasteiger partial charge >= 0.3 is 0 Å². The second kappa shape index (κ2) is 8.12. The van der Waals surface area contributed by atoms with Crippen LogP contribution >= 0.6 is 0 Å². The monoisotopic (exact) mass is 426 g/mol. The SMILES string of the molecule is CCN1/C(=C/C(N)=C/C=C/C2=[N+](CC)c3ccccc3C2(C)C)C(C)(C)c2ccccc21. The van der Waals surface area contributed by atoms with Gasteiger partial charge in [-0.15, -0.1) is 0 Å². The van der Waals surface area contributed by atoms with Gasteiger partial charge in [0, 0.05) is 46.7 Å². The number of nitrogens with two attached hydrogens (primary N) is 1. The summed E-state index contributed by atoms with van der Waals surface area (Å²) in [5, 5.41) is 0. The Labute approximate surface area is 193 Å². The van der Waals surface area contributed by atoms with Crippen LogP contribution in [-0.2, 0) is 10.8 Å². The molecule has 0 amide bonds. The Kier molecular flexibility index (Phi) is 5.62. The largest absolute Gasteiger partial charge is 0.399 e. The number of rotatable bonds is 5. The lowest BCUT2D eigenvalue weighted by Crippen LogP contribution is -2.27. The Morgan fingerprint density at radius 3 is 2.28 bits per heavy atom. The number of hydrogen-bond donors (Lipinski definition) is 1. The van der Waals surface area contributed by atoms with E-state index in [1.54, 1.807) is 0 Å². The Balaban J connectivity index is 1.66. The molecule has 0 radical (unpaired) electrons. The summed E-state index contributed by atoms with van der Waals surface area (Å²) in [4.78, 5) is 2.38. The van der Waals surface area contributed by atoms with Crippen LogP contribution in [0.2, 0.25) is 0 Å². The first-order valence-electron chi connectivity index (χ1n) is 11.7. The molecule has 0 saturated carbocycles. The average Bonchev–Trinajstić information content (AvgIpc) is 3.13. The fourth-order valence-corrected chi connectivity index (χ4v) is 5.38. The summed E-state index contributed by atoms with van der Waals surface area (Å²) in [5.41, 5.74) is 15.1. The van der Waals surface area contributed by atoms with Crippen molar-refractivity contribution in [1.29, 1.82) is 0 Å². The summed E-state index contributed by atoms with van der Waals surface area (Å²) < 4.78 is 2.41. The van der Waals surface area contributed by atoms with Crippen LogP contribution in [0.3, 0.4) is 0 Å². The summed E-state index contributed by atoms with van der Waals surface area (Å²) in [6, 6.07) is 17.4. The van der Waals surface area contributed by atoms with Gasteiger partial charge < -0.3 is 10.6 Å². The van der Waals surface area contributed by atoms with Crippen molar-refractivity contribution in [2.45, 2.75) is 52.4 Å². The van der Waals surface area contributed by atoms with Crippen molar-refractivity contribution in [3.05, 3.63) is 95.4 Å². The van der Waals surface area contributed by atoms with E-state index in [0.29, 0.717) is 0 Å². The van der Waals surface area contributed by atoms with Gasteiger partial charge in [0.1, 0.15) is 6.54 Å². The number of nitrogens with zero attached hydrogens (tertiary/aromatic N) is 2. The van der Waals surface area contributed by atoms with E-state index < -0.39 is 0 Å². The maximum Gasteiger partial charge on any atom is 0.209 e. The summed E-state index contributed by atoms with van der Waals surface area (Å²) >= 11 is 0. The van der Waals surface area contributed by atoms with Crippen molar-refractivity contribution in [3.8, 4) is 0 Å². The average molecular weight is 427 g/mol.